The van der Waals surface area contributed by atoms with Gasteiger partial charge < -0.3 is 14.2 Å². The lowest BCUT2D eigenvalue weighted by molar-refractivity contribution is -0.135. The van der Waals surface area contributed by atoms with Crippen LogP contribution in [-0.4, -0.2) is 26.4 Å². The molecule has 0 radical (unpaired) electrons. The lowest BCUT2D eigenvalue weighted by atomic mass is 9.93. The fourth-order valence-electron chi connectivity index (χ4n) is 5.08. The maximum absolute atomic E-state index is 13.9. The Morgan fingerprint density at radius 1 is 0.971 bits per heavy atom. The van der Waals surface area contributed by atoms with Crippen LogP contribution in [0.3, 0.4) is 0 Å². The van der Waals surface area contributed by atoms with Crippen LogP contribution in [0.25, 0.3) is 11.0 Å². The van der Waals surface area contributed by atoms with Gasteiger partial charge in [-0.2, -0.15) is 0 Å². The van der Waals surface area contributed by atoms with Gasteiger partial charge in [0, 0.05) is 12.6 Å². The molecule has 1 aliphatic carbocycles. The SMILES string of the molecule is Cc1cccc(OCc2nc3ccccc3n2CC(=O)N(Cc2ccccc2)C2CCCCC2)c1. The third kappa shape index (κ3) is 5.56. The zero-order valence-corrected chi connectivity index (χ0v) is 20.4. The summed E-state index contributed by atoms with van der Waals surface area (Å²) in [5.41, 5.74) is 4.17. The number of imidazole rings is 1. The molecule has 0 aliphatic heterocycles. The number of nitrogens with zero attached hydrogens (tertiary/aromatic N) is 3. The molecule has 5 rings (SSSR count). The van der Waals surface area contributed by atoms with Gasteiger partial charge in [0.2, 0.25) is 5.91 Å². The Hall–Kier alpha value is -3.60. The molecule has 0 N–H and O–H groups in total. The summed E-state index contributed by atoms with van der Waals surface area (Å²) in [7, 11) is 0. The first-order valence-corrected chi connectivity index (χ1v) is 12.6. The molecule has 0 unspecified atom stereocenters. The highest BCUT2D eigenvalue weighted by Crippen LogP contribution is 2.26. The molecule has 0 atom stereocenters. The maximum Gasteiger partial charge on any atom is 0.243 e. The Balaban J connectivity index is 1.41. The first kappa shape index (κ1) is 23.2. The zero-order valence-electron chi connectivity index (χ0n) is 20.4. The van der Waals surface area contributed by atoms with E-state index in [1.54, 1.807) is 0 Å². The largest absolute Gasteiger partial charge is 0.486 e. The molecule has 1 amide bonds. The van der Waals surface area contributed by atoms with E-state index < -0.39 is 0 Å². The number of benzene rings is 3. The summed E-state index contributed by atoms with van der Waals surface area (Å²) in [6.45, 7) is 3.27. The van der Waals surface area contributed by atoms with E-state index in [4.69, 9.17) is 9.72 Å². The average molecular weight is 468 g/mol. The molecule has 1 saturated carbocycles. The van der Waals surface area contributed by atoms with Crippen molar-refractivity contribution in [2.24, 2.45) is 0 Å². The molecule has 1 fully saturated rings. The van der Waals surface area contributed by atoms with Gasteiger partial charge in [-0.25, -0.2) is 4.98 Å². The molecule has 5 nitrogen and oxygen atoms in total. The number of amides is 1. The zero-order chi connectivity index (χ0) is 24.0. The van der Waals surface area contributed by atoms with Crippen molar-refractivity contribution in [3.8, 4) is 5.75 Å². The van der Waals surface area contributed by atoms with Crippen LogP contribution in [0.5, 0.6) is 5.75 Å². The second-order valence-electron chi connectivity index (χ2n) is 9.51. The van der Waals surface area contributed by atoms with E-state index in [9.17, 15) is 4.79 Å². The minimum atomic E-state index is 0.140. The molecular weight excluding hydrogens is 434 g/mol. The Kier molecular flexibility index (Phi) is 7.12. The van der Waals surface area contributed by atoms with Gasteiger partial charge in [0.15, 0.2) is 0 Å². The van der Waals surface area contributed by atoms with Gasteiger partial charge in [0.1, 0.15) is 24.7 Å². The fourth-order valence-corrected chi connectivity index (χ4v) is 5.08. The number of carbonyl (C=O) groups is 1. The number of fused-ring (bicyclic) bond motifs is 1. The quantitative estimate of drug-likeness (QED) is 0.306. The van der Waals surface area contributed by atoms with Crippen LogP contribution in [0.2, 0.25) is 0 Å². The van der Waals surface area contributed by atoms with Gasteiger partial charge in [-0.3, -0.25) is 4.79 Å². The molecular formula is C30H33N3O2. The molecule has 1 heterocycles. The number of aromatic nitrogens is 2. The van der Waals surface area contributed by atoms with Crippen molar-refractivity contribution in [1.82, 2.24) is 14.5 Å². The highest BCUT2D eigenvalue weighted by atomic mass is 16.5. The normalized spacial score (nSPS) is 14.2. The fraction of sp³-hybridized carbons (Fsp3) is 0.333. The Morgan fingerprint density at radius 3 is 2.54 bits per heavy atom. The number of ether oxygens (including phenoxy) is 1. The Labute approximate surface area is 207 Å². The summed E-state index contributed by atoms with van der Waals surface area (Å²) in [5, 5.41) is 0. The summed E-state index contributed by atoms with van der Waals surface area (Å²) in [6, 6.07) is 26.6. The van der Waals surface area contributed by atoms with Crippen molar-refractivity contribution in [3.05, 3.63) is 95.8 Å². The van der Waals surface area contributed by atoms with E-state index in [-0.39, 0.29) is 12.5 Å². The Morgan fingerprint density at radius 2 is 1.74 bits per heavy atom. The topological polar surface area (TPSA) is 47.4 Å². The molecule has 5 heteroatoms. The summed E-state index contributed by atoms with van der Waals surface area (Å²) >= 11 is 0. The molecule has 180 valence electrons. The maximum atomic E-state index is 13.9. The first-order chi connectivity index (χ1) is 17.2. The molecule has 4 aromatic rings. The summed E-state index contributed by atoms with van der Waals surface area (Å²) in [5.74, 6) is 1.72. The Bertz CT molecular complexity index is 1280. The molecule has 0 bridgehead atoms. The van der Waals surface area contributed by atoms with Crippen LogP contribution < -0.4 is 4.74 Å². The van der Waals surface area contributed by atoms with Gasteiger partial charge in [-0.05, 0) is 55.2 Å². The number of aryl methyl sites for hydroxylation is 1. The van der Waals surface area contributed by atoms with Crippen LogP contribution in [0.4, 0.5) is 0 Å². The van der Waals surface area contributed by atoms with E-state index >= 15 is 0 Å². The van der Waals surface area contributed by atoms with E-state index in [0.29, 0.717) is 19.2 Å². The first-order valence-electron chi connectivity index (χ1n) is 12.6. The number of hydrogen-bond acceptors (Lipinski definition) is 3. The number of rotatable bonds is 8. The monoisotopic (exact) mass is 467 g/mol. The van der Waals surface area contributed by atoms with Gasteiger partial charge in [-0.15, -0.1) is 0 Å². The highest BCUT2D eigenvalue weighted by Gasteiger charge is 2.27. The predicted molar refractivity (Wildman–Crippen MR) is 139 cm³/mol. The van der Waals surface area contributed by atoms with Crippen molar-refractivity contribution in [3.63, 3.8) is 0 Å². The van der Waals surface area contributed by atoms with Gasteiger partial charge in [-0.1, -0.05) is 73.9 Å². The van der Waals surface area contributed by atoms with Gasteiger partial charge in [0.25, 0.3) is 0 Å². The minimum Gasteiger partial charge on any atom is -0.486 e. The number of carbonyl (C=O) groups excluding carboxylic acids is 1. The van der Waals surface area contributed by atoms with E-state index in [0.717, 1.165) is 41.0 Å². The van der Waals surface area contributed by atoms with Crippen molar-refractivity contribution in [2.75, 3.05) is 0 Å². The molecule has 1 aromatic heterocycles. The standard InChI is InChI=1S/C30H33N3O2/c1-23-11-10-16-26(19-23)35-22-29-31-27-17-8-9-18-28(27)33(29)21-30(34)32(25-14-6-3-7-15-25)20-24-12-4-2-5-13-24/h2,4-5,8-13,16-19,25H,3,6-7,14-15,20-22H2,1H3. The summed E-state index contributed by atoms with van der Waals surface area (Å²) in [4.78, 5) is 20.8. The highest BCUT2D eigenvalue weighted by molar-refractivity contribution is 5.81. The van der Waals surface area contributed by atoms with Crippen molar-refractivity contribution >= 4 is 16.9 Å². The van der Waals surface area contributed by atoms with Crippen LogP contribution in [-0.2, 0) is 24.5 Å². The van der Waals surface area contributed by atoms with Crippen LogP contribution >= 0.6 is 0 Å². The third-order valence-electron chi connectivity index (χ3n) is 6.92. The smallest absolute Gasteiger partial charge is 0.243 e. The third-order valence-corrected chi connectivity index (χ3v) is 6.92. The van der Waals surface area contributed by atoms with Crippen LogP contribution in [0.1, 0.15) is 49.1 Å². The number of para-hydroxylation sites is 2. The molecule has 0 saturated heterocycles. The van der Waals surface area contributed by atoms with Gasteiger partial charge >= 0.3 is 0 Å². The summed E-state index contributed by atoms with van der Waals surface area (Å²) < 4.78 is 8.12. The van der Waals surface area contributed by atoms with E-state index in [2.05, 4.69) is 17.0 Å². The van der Waals surface area contributed by atoms with Crippen LogP contribution in [0, 0.1) is 6.92 Å². The average Bonchev–Trinajstić information content (AvgIpc) is 3.24. The number of hydrogen-bond donors (Lipinski definition) is 0. The second-order valence-corrected chi connectivity index (χ2v) is 9.51. The molecule has 0 spiro atoms. The minimum absolute atomic E-state index is 0.140. The molecule has 1 aliphatic rings. The van der Waals surface area contributed by atoms with Crippen LogP contribution in [0.15, 0.2) is 78.9 Å². The van der Waals surface area contributed by atoms with Crippen molar-refractivity contribution in [2.45, 2.75) is 64.8 Å². The van der Waals surface area contributed by atoms with E-state index in [1.807, 2.05) is 78.2 Å². The van der Waals surface area contributed by atoms with Crippen molar-refractivity contribution < 1.29 is 9.53 Å². The molecule has 35 heavy (non-hydrogen) atoms. The molecule has 3 aromatic carbocycles. The summed E-state index contributed by atoms with van der Waals surface area (Å²) in [6.07, 6.45) is 5.79. The van der Waals surface area contributed by atoms with Crippen molar-refractivity contribution in [1.29, 1.82) is 0 Å². The second kappa shape index (κ2) is 10.8. The predicted octanol–water partition coefficient (Wildman–Crippen LogP) is 6.29. The lowest BCUT2D eigenvalue weighted by Crippen LogP contribution is -2.42. The lowest BCUT2D eigenvalue weighted by Gasteiger charge is -2.35. The van der Waals surface area contributed by atoms with E-state index in [1.165, 1.54) is 24.8 Å². The van der Waals surface area contributed by atoms with Gasteiger partial charge in [0.05, 0.1) is 11.0 Å².